The number of hydrogen-bond donors (Lipinski definition) is 1. The number of nitrogens with one attached hydrogen (secondary N) is 1. The third-order valence-electron chi connectivity index (χ3n) is 4.44. The van der Waals surface area contributed by atoms with E-state index < -0.39 is 5.82 Å². The van der Waals surface area contributed by atoms with Crippen LogP contribution in [0.5, 0.6) is 0 Å². The van der Waals surface area contributed by atoms with Crippen LogP contribution in [0.4, 0.5) is 4.39 Å². The van der Waals surface area contributed by atoms with Crippen molar-refractivity contribution in [3.05, 3.63) is 83.6 Å². The topological polar surface area (TPSA) is 68.0 Å². The van der Waals surface area contributed by atoms with Crippen LogP contribution in [-0.4, -0.2) is 22.4 Å². The molecule has 28 heavy (non-hydrogen) atoms. The zero-order valence-electron chi connectivity index (χ0n) is 15.3. The lowest BCUT2D eigenvalue weighted by molar-refractivity contribution is 0.0953. The van der Waals surface area contributed by atoms with Gasteiger partial charge >= 0.3 is 0 Å². The predicted molar refractivity (Wildman–Crippen MR) is 104 cm³/mol. The van der Waals surface area contributed by atoms with Crippen molar-refractivity contribution < 1.29 is 13.6 Å². The summed E-state index contributed by atoms with van der Waals surface area (Å²) in [5.74, 6) is -0.306. The number of rotatable bonds is 5. The van der Waals surface area contributed by atoms with Crippen molar-refractivity contribution in [1.29, 1.82) is 0 Å². The van der Waals surface area contributed by atoms with Gasteiger partial charge in [0.15, 0.2) is 0 Å². The minimum Gasteiger partial charge on any atom is -0.444 e. The molecule has 4 rings (SSSR count). The Morgan fingerprint density at radius 1 is 1.18 bits per heavy atom. The lowest BCUT2D eigenvalue weighted by Crippen LogP contribution is -2.25. The molecular weight excluding hydrogens is 357 g/mol. The number of hydrogen-bond acceptors (Lipinski definition) is 4. The Labute approximate surface area is 161 Å². The van der Waals surface area contributed by atoms with Crippen molar-refractivity contribution in [1.82, 2.24) is 15.3 Å². The van der Waals surface area contributed by atoms with E-state index in [0.717, 1.165) is 11.3 Å². The van der Waals surface area contributed by atoms with Gasteiger partial charge in [0.25, 0.3) is 5.91 Å². The first kappa shape index (κ1) is 17.9. The molecule has 1 amide bonds. The monoisotopic (exact) mass is 375 g/mol. The zero-order chi connectivity index (χ0) is 19.5. The lowest BCUT2D eigenvalue weighted by Gasteiger charge is -2.06. The fourth-order valence-electron chi connectivity index (χ4n) is 2.94. The molecule has 0 aliphatic rings. The Bertz CT molecular complexity index is 1140. The van der Waals surface area contributed by atoms with Crippen molar-refractivity contribution in [2.24, 2.45) is 0 Å². The normalized spacial score (nSPS) is 10.9. The van der Waals surface area contributed by atoms with Gasteiger partial charge in [-0.05, 0) is 37.3 Å². The van der Waals surface area contributed by atoms with Crippen LogP contribution in [0.15, 0.2) is 65.4 Å². The molecule has 2 aromatic heterocycles. The molecular formula is C22H18FN3O2. The molecule has 0 fully saturated rings. The van der Waals surface area contributed by atoms with Crippen LogP contribution in [0, 0.1) is 12.7 Å². The van der Waals surface area contributed by atoms with Gasteiger partial charge in [-0.3, -0.25) is 9.78 Å². The van der Waals surface area contributed by atoms with Gasteiger partial charge in [0.2, 0.25) is 5.89 Å². The largest absolute Gasteiger partial charge is 0.444 e. The maximum atomic E-state index is 14.1. The molecule has 140 valence electrons. The molecule has 0 spiro atoms. The fourth-order valence-corrected chi connectivity index (χ4v) is 2.94. The van der Waals surface area contributed by atoms with Gasteiger partial charge in [-0.1, -0.05) is 23.8 Å². The highest BCUT2D eigenvalue weighted by molar-refractivity contribution is 5.98. The maximum Gasteiger partial charge on any atom is 0.251 e. The third-order valence-corrected chi connectivity index (χ3v) is 4.44. The van der Waals surface area contributed by atoms with Crippen LogP contribution >= 0.6 is 0 Å². The highest BCUT2D eigenvalue weighted by Gasteiger charge is 2.12. The lowest BCUT2D eigenvalue weighted by atomic mass is 10.1. The van der Waals surface area contributed by atoms with E-state index >= 15 is 0 Å². The number of carbonyl (C=O) groups is 1. The quantitative estimate of drug-likeness (QED) is 0.564. The van der Waals surface area contributed by atoms with Crippen molar-refractivity contribution >= 4 is 16.8 Å². The minimum atomic E-state index is -0.512. The van der Waals surface area contributed by atoms with Gasteiger partial charge in [-0.15, -0.1) is 0 Å². The van der Waals surface area contributed by atoms with E-state index in [1.807, 2.05) is 31.2 Å². The van der Waals surface area contributed by atoms with Crippen LogP contribution < -0.4 is 5.32 Å². The van der Waals surface area contributed by atoms with E-state index in [1.165, 1.54) is 17.8 Å². The van der Waals surface area contributed by atoms with Crippen LogP contribution in [0.25, 0.3) is 22.4 Å². The molecule has 6 heteroatoms. The van der Waals surface area contributed by atoms with Crippen molar-refractivity contribution in [3.8, 4) is 11.5 Å². The van der Waals surface area contributed by atoms with Crippen LogP contribution in [0.3, 0.4) is 0 Å². The van der Waals surface area contributed by atoms with Gasteiger partial charge in [0, 0.05) is 35.7 Å². The number of benzene rings is 2. The molecule has 0 saturated heterocycles. The van der Waals surface area contributed by atoms with E-state index in [2.05, 4.69) is 15.3 Å². The first-order valence-corrected chi connectivity index (χ1v) is 8.94. The molecule has 0 saturated carbocycles. The van der Waals surface area contributed by atoms with Crippen molar-refractivity contribution in [2.45, 2.75) is 13.3 Å². The molecule has 0 bridgehead atoms. The smallest absolute Gasteiger partial charge is 0.251 e. The number of nitrogens with zero attached hydrogens (tertiary/aromatic N) is 2. The molecule has 4 aromatic rings. The molecule has 0 unspecified atom stereocenters. The number of fused-ring (bicyclic) bond motifs is 1. The van der Waals surface area contributed by atoms with Crippen LogP contribution in [0.1, 0.15) is 21.6 Å². The second kappa shape index (κ2) is 7.60. The van der Waals surface area contributed by atoms with E-state index in [1.54, 1.807) is 24.5 Å². The summed E-state index contributed by atoms with van der Waals surface area (Å²) in [5.41, 5.74) is 3.33. The van der Waals surface area contributed by atoms with Crippen LogP contribution in [0.2, 0.25) is 0 Å². The van der Waals surface area contributed by atoms with E-state index in [4.69, 9.17) is 4.42 Å². The highest BCUT2D eigenvalue weighted by atomic mass is 19.1. The minimum absolute atomic E-state index is 0.255. The number of oxazole rings is 1. The first-order valence-electron chi connectivity index (χ1n) is 8.94. The van der Waals surface area contributed by atoms with Gasteiger partial charge in [-0.2, -0.15) is 0 Å². The van der Waals surface area contributed by atoms with E-state index in [9.17, 15) is 9.18 Å². The predicted octanol–water partition coefficient (Wildman–Crippen LogP) is 4.31. The van der Waals surface area contributed by atoms with Gasteiger partial charge in [0.1, 0.15) is 17.6 Å². The summed E-state index contributed by atoms with van der Waals surface area (Å²) >= 11 is 0. The third kappa shape index (κ3) is 3.76. The van der Waals surface area contributed by atoms with E-state index in [-0.39, 0.29) is 17.0 Å². The zero-order valence-corrected chi connectivity index (χ0v) is 15.3. The molecule has 5 nitrogen and oxygen atoms in total. The molecule has 2 aromatic carbocycles. The maximum absolute atomic E-state index is 14.1. The van der Waals surface area contributed by atoms with Crippen molar-refractivity contribution in [2.75, 3.05) is 6.54 Å². The standard InChI is InChI=1S/C22H18FN3O2/c1-14-4-6-15(7-5-14)22-26-18(13-28-22)8-10-25-21(27)17-11-16-3-2-9-24-20(16)19(23)12-17/h2-7,9,11-13H,8,10H2,1H3,(H,25,27). The number of aromatic nitrogens is 2. The Kier molecular flexibility index (Phi) is 4.85. The SMILES string of the molecule is Cc1ccc(-c2nc(CCNC(=O)c3cc(F)c4ncccc4c3)co2)cc1. The summed E-state index contributed by atoms with van der Waals surface area (Å²) in [4.78, 5) is 20.8. The van der Waals surface area contributed by atoms with E-state index in [0.29, 0.717) is 24.2 Å². The second-order valence-electron chi connectivity index (χ2n) is 6.55. The number of amides is 1. The Morgan fingerprint density at radius 2 is 2.00 bits per heavy atom. The summed E-state index contributed by atoms with van der Waals surface area (Å²) in [5, 5.41) is 3.38. The summed E-state index contributed by atoms with van der Waals surface area (Å²) < 4.78 is 19.6. The highest BCUT2D eigenvalue weighted by Crippen LogP contribution is 2.20. The molecule has 0 atom stereocenters. The second-order valence-corrected chi connectivity index (χ2v) is 6.55. The Balaban J connectivity index is 1.39. The molecule has 1 N–H and O–H groups in total. The number of aryl methyl sites for hydroxylation is 1. The molecule has 0 aliphatic carbocycles. The summed E-state index contributed by atoms with van der Waals surface area (Å²) in [6.07, 6.45) is 3.62. The summed E-state index contributed by atoms with van der Waals surface area (Å²) in [7, 11) is 0. The molecule has 0 radical (unpaired) electrons. The number of pyridine rings is 1. The summed E-state index contributed by atoms with van der Waals surface area (Å²) in [6.45, 7) is 2.39. The molecule has 0 aliphatic heterocycles. The average Bonchev–Trinajstić information content (AvgIpc) is 3.17. The first-order chi connectivity index (χ1) is 13.6. The summed E-state index contributed by atoms with van der Waals surface area (Å²) in [6, 6.07) is 14.2. The van der Waals surface area contributed by atoms with Gasteiger partial charge in [-0.25, -0.2) is 9.37 Å². The fraction of sp³-hybridized carbons (Fsp3) is 0.136. The molecule has 2 heterocycles. The van der Waals surface area contributed by atoms with Crippen molar-refractivity contribution in [3.63, 3.8) is 0 Å². The van der Waals surface area contributed by atoms with Gasteiger partial charge in [0.05, 0.1) is 5.69 Å². The van der Waals surface area contributed by atoms with Crippen LogP contribution in [-0.2, 0) is 6.42 Å². The number of carbonyl (C=O) groups excluding carboxylic acids is 1. The average molecular weight is 375 g/mol. The number of halogens is 1. The Hall–Kier alpha value is -3.54. The Morgan fingerprint density at radius 3 is 2.82 bits per heavy atom. The van der Waals surface area contributed by atoms with Gasteiger partial charge < -0.3 is 9.73 Å².